The predicted molar refractivity (Wildman–Crippen MR) is 74.6 cm³/mol. The van der Waals surface area contributed by atoms with Gasteiger partial charge in [0.15, 0.2) is 0 Å². The number of hydrogen-bond donors (Lipinski definition) is 0. The van der Waals surface area contributed by atoms with E-state index in [1.165, 1.54) is 6.42 Å². The Morgan fingerprint density at radius 3 is 2.95 bits per heavy atom. The third kappa shape index (κ3) is 3.39. The van der Waals surface area contributed by atoms with Crippen molar-refractivity contribution in [1.82, 2.24) is 0 Å². The van der Waals surface area contributed by atoms with Crippen molar-refractivity contribution in [3.63, 3.8) is 0 Å². The number of nitriles is 1. The Hall–Kier alpha value is -1.73. The van der Waals surface area contributed by atoms with Gasteiger partial charge in [0.25, 0.3) is 0 Å². The summed E-state index contributed by atoms with van der Waals surface area (Å²) in [6.45, 7) is 1.66. The highest BCUT2D eigenvalue weighted by Crippen LogP contribution is 2.26. The largest absolute Gasteiger partial charge is 0.497 e. The van der Waals surface area contributed by atoms with Gasteiger partial charge in [0.05, 0.1) is 24.5 Å². The molecule has 0 aromatic heterocycles. The maximum absolute atomic E-state index is 9.19. The second-order valence-electron chi connectivity index (χ2n) is 4.86. The maximum Gasteiger partial charge on any atom is 0.121 e. The lowest BCUT2D eigenvalue weighted by atomic mass is 10.1. The molecule has 1 atom stereocenters. The van der Waals surface area contributed by atoms with Gasteiger partial charge in [-0.15, -0.1) is 0 Å². The van der Waals surface area contributed by atoms with E-state index in [2.05, 4.69) is 11.0 Å². The molecular weight excluding hydrogens is 240 g/mol. The molecule has 0 aliphatic carbocycles. The van der Waals surface area contributed by atoms with Gasteiger partial charge in [0.2, 0.25) is 0 Å². The smallest absolute Gasteiger partial charge is 0.121 e. The highest BCUT2D eigenvalue weighted by atomic mass is 16.5. The molecule has 1 aliphatic heterocycles. The Morgan fingerprint density at radius 1 is 1.47 bits per heavy atom. The monoisotopic (exact) mass is 260 g/mol. The fourth-order valence-corrected chi connectivity index (χ4v) is 2.40. The molecule has 1 aromatic rings. The van der Waals surface area contributed by atoms with Gasteiger partial charge in [-0.05, 0) is 31.4 Å². The summed E-state index contributed by atoms with van der Waals surface area (Å²) in [5.41, 5.74) is 1.56. The fourth-order valence-electron chi connectivity index (χ4n) is 2.40. The summed E-state index contributed by atoms with van der Waals surface area (Å²) in [4.78, 5) is 2.08. The average molecular weight is 260 g/mol. The van der Waals surface area contributed by atoms with Gasteiger partial charge in [-0.1, -0.05) is 0 Å². The Kier molecular flexibility index (Phi) is 4.64. The highest BCUT2D eigenvalue weighted by molar-refractivity contribution is 5.61. The lowest BCUT2D eigenvalue weighted by Gasteiger charge is -2.29. The Morgan fingerprint density at radius 2 is 2.32 bits per heavy atom. The van der Waals surface area contributed by atoms with Crippen LogP contribution >= 0.6 is 0 Å². The van der Waals surface area contributed by atoms with E-state index in [0.717, 1.165) is 37.4 Å². The minimum Gasteiger partial charge on any atom is -0.497 e. The summed E-state index contributed by atoms with van der Waals surface area (Å²) in [5.74, 6) is 0.769. The molecule has 1 saturated heterocycles. The molecule has 0 bridgehead atoms. The first-order valence-corrected chi connectivity index (χ1v) is 6.65. The van der Waals surface area contributed by atoms with Crippen LogP contribution in [0.3, 0.4) is 0 Å². The van der Waals surface area contributed by atoms with Crippen LogP contribution in [-0.4, -0.2) is 33.4 Å². The molecule has 1 aliphatic rings. The van der Waals surface area contributed by atoms with Crippen LogP contribution in [-0.2, 0) is 4.74 Å². The van der Waals surface area contributed by atoms with Gasteiger partial charge in [-0.3, -0.25) is 0 Å². The summed E-state index contributed by atoms with van der Waals surface area (Å²) in [6, 6.07) is 7.74. The van der Waals surface area contributed by atoms with E-state index in [1.807, 2.05) is 19.2 Å². The first-order valence-electron chi connectivity index (χ1n) is 6.65. The zero-order valence-electron chi connectivity index (χ0n) is 11.6. The lowest BCUT2D eigenvalue weighted by Crippen LogP contribution is -2.33. The zero-order chi connectivity index (χ0) is 13.7. The third-order valence-corrected chi connectivity index (χ3v) is 3.49. The van der Waals surface area contributed by atoms with Gasteiger partial charge in [-0.2, -0.15) is 5.26 Å². The van der Waals surface area contributed by atoms with Gasteiger partial charge in [0.1, 0.15) is 11.8 Å². The summed E-state index contributed by atoms with van der Waals surface area (Å²) >= 11 is 0. The lowest BCUT2D eigenvalue weighted by molar-refractivity contribution is 0.0216. The van der Waals surface area contributed by atoms with E-state index in [4.69, 9.17) is 9.47 Å². The molecule has 1 unspecified atom stereocenters. The van der Waals surface area contributed by atoms with Crippen molar-refractivity contribution < 1.29 is 9.47 Å². The van der Waals surface area contributed by atoms with Crippen LogP contribution in [0.2, 0.25) is 0 Å². The van der Waals surface area contributed by atoms with Crippen molar-refractivity contribution in [1.29, 1.82) is 5.26 Å². The van der Waals surface area contributed by atoms with Gasteiger partial charge in [0, 0.05) is 26.3 Å². The summed E-state index contributed by atoms with van der Waals surface area (Å²) in [5, 5.41) is 9.19. The normalized spacial score (nSPS) is 18.7. The second kappa shape index (κ2) is 6.44. The molecule has 0 spiro atoms. The van der Waals surface area contributed by atoms with E-state index >= 15 is 0 Å². The van der Waals surface area contributed by atoms with Gasteiger partial charge < -0.3 is 14.4 Å². The summed E-state index contributed by atoms with van der Waals surface area (Å²) < 4.78 is 11.0. The number of rotatable bonds is 4. The van der Waals surface area contributed by atoms with Crippen molar-refractivity contribution in [3.8, 4) is 11.8 Å². The molecule has 4 nitrogen and oxygen atoms in total. The minimum atomic E-state index is 0.261. The highest BCUT2D eigenvalue weighted by Gasteiger charge is 2.18. The minimum absolute atomic E-state index is 0.261. The fraction of sp³-hybridized carbons (Fsp3) is 0.533. The van der Waals surface area contributed by atoms with Crippen molar-refractivity contribution in [2.24, 2.45) is 0 Å². The molecule has 0 radical (unpaired) electrons. The standard InChI is InChI=1S/C15H20N2O2/c1-17(11-14-5-3-4-8-19-14)15-9-13(18-2)7-6-12(15)10-16/h6-7,9,14H,3-5,8,11H2,1-2H3. The SMILES string of the molecule is COc1ccc(C#N)c(N(C)CC2CCCCO2)c1. The Labute approximate surface area is 114 Å². The van der Waals surface area contributed by atoms with Crippen molar-refractivity contribution >= 4 is 5.69 Å². The van der Waals surface area contributed by atoms with Crippen LogP contribution in [0.5, 0.6) is 5.75 Å². The number of likely N-dealkylation sites (N-methyl/N-ethyl adjacent to an activating group) is 1. The number of ether oxygens (including phenoxy) is 2. The van der Waals surface area contributed by atoms with Crippen LogP contribution in [0.4, 0.5) is 5.69 Å². The van der Waals surface area contributed by atoms with Crippen molar-refractivity contribution in [3.05, 3.63) is 23.8 Å². The third-order valence-electron chi connectivity index (χ3n) is 3.49. The number of anilines is 1. The summed E-state index contributed by atoms with van der Waals surface area (Å²) in [7, 11) is 3.63. The quantitative estimate of drug-likeness (QED) is 0.834. The molecule has 2 rings (SSSR count). The molecule has 0 N–H and O–H groups in total. The number of benzene rings is 1. The Balaban J connectivity index is 2.12. The van der Waals surface area contributed by atoms with Gasteiger partial charge >= 0.3 is 0 Å². The van der Waals surface area contributed by atoms with E-state index in [1.54, 1.807) is 13.2 Å². The first kappa shape index (κ1) is 13.7. The van der Waals surface area contributed by atoms with E-state index in [-0.39, 0.29) is 6.10 Å². The van der Waals surface area contributed by atoms with Crippen molar-refractivity contribution in [2.45, 2.75) is 25.4 Å². The molecule has 19 heavy (non-hydrogen) atoms. The van der Waals surface area contributed by atoms with Crippen LogP contribution in [0, 0.1) is 11.3 Å². The molecule has 1 heterocycles. The summed E-state index contributed by atoms with van der Waals surface area (Å²) in [6.07, 6.45) is 3.73. The topological polar surface area (TPSA) is 45.5 Å². The predicted octanol–water partition coefficient (Wildman–Crippen LogP) is 2.57. The Bertz CT molecular complexity index is 462. The molecule has 4 heteroatoms. The number of hydrogen-bond acceptors (Lipinski definition) is 4. The average Bonchev–Trinajstić information content (AvgIpc) is 2.47. The van der Waals surface area contributed by atoms with Crippen LogP contribution in [0.1, 0.15) is 24.8 Å². The maximum atomic E-state index is 9.19. The van der Waals surface area contributed by atoms with Crippen LogP contribution < -0.4 is 9.64 Å². The van der Waals surface area contributed by atoms with Crippen LogP contribution in [0.15, 0.2) is 18.2 Å². The van der Waals surface area contributed by atoms with E-state index in [0.29, 0.717) is 5.56 Å². The molecule has 1 fully saturated rings. The van der Waals surface area contributed by atoms with E-state index < -0.39 is 0 Å². The number of nitrogens with zero attached hydrogens (tertiary/aromatic N) is 2. The van der Waals surface area contributed by atoms with Crippen molar-refractivity contribution in [2.75, 3.05) is 32.2 Å². The van der Waals surface area contributed by atoms with E-state index in [9.17, 15) is 5.26 Å². The molecule has 1 aromatic carbocycles. The molecule has 0 saturated carbocycles. The second-order valence-corrected chi connectivity index (χ2v) is 4.86. The van der Waals surface area contributed by atoms with Gasteiger partial charge in [-0.25, -0.2) is 0 Å². The molecule has 0 amide bonds. The number of methoxy groups -OCH3 is 1. The first-order chi connectivity index (χ1) is 9.24. The molecular formula is C15H20N2O2. The van der Waals surface area contributed by atoms with Crippen LogP contribution in [0.25, 0.3) is 0 Å². The molecule has 102 valence electrons. The zero-order valence-corrected chi connectivity index (χ0v) is 11.6.